The number of nitrogens with two attached hydrogens (primary N) is 1. The van der Waals surface area contributed by atoms with E-state index in [2.05, 4.69) is 15.1 Å². The Labute approximate surface area is 186 Å². The number of pyridine rings is 2. The molecule has 10 heteroatoms. The molecule has 0 unspecified atom stereocenters. The van der Waals surface area contributed by atoms with E-state index in [1.807, 2.05) is 0 Å². The number of benzene rings is 1. The second-order valence-electron chi connectivity index (χ2n) is 8.82. The molecule has 3 atom stereocenters. The summed E-state index contributed by atoms with van der Waals surface area (Å²) in [7, 11) is 3.47. The molecule has 2 aliphatic rings. The Balaban J connectivity index is 1.39. The molecule has 0 aliphatic heterocycles. The van der Waals surface area contributed by atoms with Crippen LogP contribution in [-0.4, -0.2) is 37.6 Å². The number of fused-ring (bicyclic) bond motifs is 6. The van der Waals surface area contributed by atoms with Gasteiger partial charge in [0, 0.05) is 19.5 Å². The third-order valence-corrected chi connectivity index (χ3v) is 6.93. The highest BCUT2D eigenvalue weighted by atomic mass is 19.4. The zero-order valence-corrected chi connectivity index (χ0v) is 17.8. The van der Waals surface area contributed by atoms with Gasteiger partial charge in [0.25, 0.3) is 5.91 Å². The van der Waals surface area contributed by atoms with Crippen LogP contribution in [0, 0.1) is 5.92 Å². The molecule has 168 valence electrons. The number of halogens is 3. The van der Waals surface area contributed by atoms with Crippen LogP contribution in [0.5, 0.6) is 0 Å². The average Bonchev–Trinajstić information content (AvgIpc) is 3.35. The van der Waals surface area contributed by atoms with Gasteiger partial charge in [-0.05, 0) is 47.6 Å². The van der Waals surface area contributed by atoms with E-state index in [1.54, 1.807) is 35.9 Å². The van der Waals surface area contributed by atoms with Crippen molar-refractivity contribution in [3.63, 3.8) is 0 Å². The van der Waals surface area contributed by atoms with E-state index >= 15 is 0 Å². The van der Waals surface area contributed by atoms with Crippen LogP contribution in [-0.2, 0) is 13.2 Å². The number of aryl methyl sites for hydroxylation is 1. The summed E-state index contributed by atoms with van der Waals surface area (Å²) < 4.78 is 41.2. The van der Waals surface area contributed by atoms with Crippen molar-refractivity contribution >= 4 is 33.5 Å². The van der Waals surface area contributed by atoms with Gasteiger partial charge in [-0.15, -0.1) is 0 Å². The van der Waals surface area contributed by atoms with E-state index in [4.69, 9.17) is 5.73 Å². The smallest absolute Gasteiger partial charge is 0.383 e. The van der Waals surface area contributed by atoms with Gasteiger partial charge in [-0.1, -0.05) is 6.07 Å². The minimum absolute atomic E-state index is 0.0633. The first-order valence-corrected chi connectivity index (χ1v) is 10.5. The Hall–Kier alpha value is -3.69. The standard InChI is InChI=1S/C23H19F3N6O/c1-31(19-11-4-3-10(23(24,25)26)5-12(11)13-6-14(13)19)22(33)17-7-15-18(9-28-17)30-21(27)16-8-29-32(2)20(15)16/h3-5,7-9,13-14,19H,6H2,1-2H3,(H2,27,30)/t13-,14-,19-/m0/s1. The molecule has 33 heavy (non-hydrogen) atoms. The lowest BCUT2D eigenvalue weighted by Crippen LogP contribution is -2.32. The largest absolute Gasteiger partial charge is 0.416 e. The summed E-state index contributed by atoms with van der Waals surface area (Å²) in [5.74, 6) is 0.230. The number of nitrogen functional groups attached to an aromatic ring is 1. The molecule has 2 aliphatic carbocycles. The molecule has 3 heterocycles. The monoisotopic (exact) mass is 452 g/mol. The number of carbonyl (C=O) groups excluding carboxylic acids is 1. The number of alkyl halides is 3. The Bertz CT molecular complexity index is 1480. The van der Waals surface area contributed by atoms with Gasteiger partial charge >= 0.3 is 6.18 Å². The van der Waals surface area contributed by atoms with Crippen LogP contribution in [0.25, 0.3) is 21.8 Å². The minimum Gasteiger partial charge on any atom is -0.383 e. The highest BCUT2D eigenvalue weighted by Gasteiger charge is 2.54. The molecule has 3 aromatic heterocycles. The SMILES string of the molecule is CN(C(=O)c1cc2c(cn1)nc(N)c1cnn(C)c12)[C@H]1c2ccc(C(F)(F)F)cc2[C@@H]2C[C@@H]21. The van der Waals surface area contributed by atoms with Crippen LogP contribution in [0.4, 0.5) is 19.0 Å². The third-order valence-electron chi connectivity index (χ3n) is 6.93. The summed E-state index contributed by atoms with van der Waals surface area (Å²) >= 11 is 0. The maximum absolute atomic E-state index is 13.4. The maximum Gasteiger partial charge on any atom is 0.416 e. The summed E-state index contributed by atoms with van der Waals surface area (Å²) in [5, 5.41) is 5.64. The first kappa shape index (κ1) is 20.0. The number of hydrogen-bond acceptors (Lipinski definition) is 5. The molecule has 2 N–H and O–H groups in total. The number of anilines is 1. The summed E-state index contributed by atoms with van der Waals surface area (Å²) in [6.45, 7) is 0. The van der Waals surface area contributed by atoms with E-state index in [1.165, 1.54) is 18.3 Å². The summed E-state index contributed by atoms with van der Waals surface area (Å²) in [6, 6.07) is 5.24. The molecule has 7 nitrogen and oxygen atoms in total. The molecule has 0 spiro atoms. The van der Waals surface area contributed by atoms with E-state index in [0.717, 1.165) is 23.6 Å². The fourth-order valence-corrected chi connectivity index (χ4v) is 5.27. The Morgan fingerprint density at radius 2 is 1.97 bits per heavy atom. The van der Waals surface area contributed by atoms with Crippen molar-refractivity contribution in [3.8, 4) is 0 Å². The van der Waals surface area contributed by atoms with Crippen LogP contribution < -0.4 is 5.73 Å². The topological polar surface area (TPSA) is 89.9 Å². The van der Waals surface area contributed by atoms with Crippen molar-refractivity contribution in [3.05, 3.63) is 59.0 Å². The molecular weight excluding hydrogens is 433 g/mol. The second kappa shape index (κ2) is 6.43. The Morgan fingerprint density at radius 3 is 2.73 bits per heavy atom. The predicted molar refractivity (Wildman–Crippen MR) is 115 cm³/mol. The van der Waals surface area contributed by atoms with Gasteiger partial charge in [-0.2, -0.15) is 18.3 Å². The quantitative estimate of drug-likeness (QED) is 0.496. The molecule has 0 bridgehead atoms. The molecule has 1 saturated carbocycles. The lowest BCUT2D eigenvalue weighted by molar-refractivity contribution is -0.137. The Kier molecular flexibility index (Phi) is 3.89. The highest BCUT2D eigenvalue weighted by Crippen LogP contribution is 2.63. The Morgan fingerprint density at radius 1 is 1.18 bits per heavy atom. The normalized spacial score (nSPS) is 21.3. The fourth-order valence-electron chi connectivity index (χ4n) is 5.27. The lowest BCUT2D eigenvalue weighted by atomic mass is 9.98. The number of carbonyl (C=O) groups is 1. The summed E-state index contributed by atoms with van der Waals surface area (Å²) in [5.41, 5.74) is 8.40. The molecular formula is C23H19F3N6O. The van der Waals surface area contributed by atoms with E-state index in [0.29, 0.717) is 27.7 Å². The van der Waals surface area contributed by atoms with Gasteiger partial charge in [0.2, 0.25) is 0 Å². The molecule has 1 aromatic carbocycles. The van der Waals surface area contributed by atoms with E-state index < -0.39 is 11.7 Å². The molecule has 6 rings (SSSR count). The summed E-state index contributed by atoms with van der Waals surface area (Å²) in [4.78, 5) is 23.7. The highest BCUT2D eigenvalue weighted by molar-refractivity contribution is 6.09. The van der Waals surface area contributed by atoms with Crippen molar-refractivity contribution in [2.75, 3.05) is 12.8 Å². The van der Waals surface area contributed by atoms with Gasteiger partial charge < -0.3 is 10.6 Å². The minimum atomic E-state index is -4.39. The van der Waals surface area contributed by atoms with Gasteiger partial charge in [0.1, 0.15) is 11.5 Å². The van der Waals surface area contributed by atoms with E-state index in [-0.39, 0.29) is 29.5 Å². The molecule has 0 radical (unpaired) electrons. The predicted octanol–water partition coefficient (Wildman–Crippen LogP) is 4.05. The van der Waals surface area contributed by atoms with Crippen LogP contribution in [0.15, 0.2) is 36.7 Å². The van der Waals surface area contributed by atoms with Crippen molar-refractivity contribution in [2.24, 2.45) is 13.0 Å². The van der Waals surface area contributed by atoms with Crippen LogP contribution in [0.1, 0.15) is 45.6 Å². The third kappa shape index (κ3) is 2.82. The van der Waals surface area contributed by atoms with Crippen LogP contribution in [0.3, 0.4) is 0 Å². The van der Waals surface area contributed by atoms with Gasteiger partial charge in [0.05, 0.1) is 40.4 Å². The molecule has 1 fully saturated rings. The summed E-state index contributed by atoms with van der Waals surface area (Å²) in [6.07, 6.45) is -0.468. The van der Waals surface area contributed by atoms with Crippen molar-refractivity contribution in [1.82, 2.24) is 24.6 Å². The number of hydrogen-bond donors (Lipinski definition) is 1. The van der Waals surface area contributed by atoms with Crippen LogP contribution >= 0.6 is 0 Å². The lowest BCUT2D eigenvalue weighted by Gasteiger charge is -2.27. The average molecular weight is 452 g/mol. The fraction of sp³-hybridized carbons (Fsp3) is 0.304. The number of rotatable bonds is 2. The van der Waals surface area contributed by atoms with Gasteiger partial charge in [-0.3, -0.25) is 9.48 Å². The number of aromatic nitrogens is 4. The van der Waals surface area contributed by atoms with Gasteiger partial charge in [0.15, 0.2) is 0 Å². The van der Waals surface area contributed by atoms with Crippen molar-refractivity contribution < 1.29 is 18.0 Å². The molecule has 4 aromatic rings. The maximum atomic E-state index is 13.4. The van der Waals surface area contributed by atoms with Gasteiger partial charge in [-0.25, -0.2) is 9.97 Å². The molecule has 0 saturated heterocycles. The number of nitrogens with zero attached hydrogens (tertiary/aromatic N) is 5. The zero-order chi connectivity index (χ0) is 23.2. The van der Waals surface area contributed by atoms with E-state index in [9.17, 15) is 18.0 Å². The van der Waals surface area contributed by atoms with Crippen molar-refractivity contribution in [2.45, 2.75) is 24.6 Å². The number of amides is 1. The van der Waals surface area contributed by atoms with Crippen LogP contribution in [0.2, 0.25) is 0 Å². The first-order chi connectivity index (χ1) is 15.6. The van der Waals surface area contributed by atoms with Crippen molar-refractivity contribution in [1.29, 1.82) is 0 Å². The zero-order valence-electron chi connectivity index (χ0n) is 17.8. The second-order valence-corrected chi connectivity index (χ2v) is 8.82. The molecule has 1 amide bonds. The first-order valence-electron chi connectivity index (χ1n) is 10.5.